The van der Waals surface area contributed by atoms with Crippen LogP contribution in [0, 0.1) is 5.92 Å². The Hall–Kier alpha value is -3.04. The highest BCUT2D eigenvalue weighted by Gasteiger charge is 2.35. The Morgan fingerprint density at radius 3 is 2.44 bits per heavy atom. The molecular formula is C27H36N6O3. The summed E-state index contributed by atoms with van der Waals surface area (Å²) in [5, 5.41) is 9.06. The maximum Gasteiger partial charge on any atom is 0.248 e. The number of fused-ring (bicyclic) bond motifs is 1. The second-order valence-electron chi connectivity index (χ2n) is 10.7. The van der Waals surface area contributed by atoms with Gasteiger partial charge in [-0.25, -0.2) is 9.98 Å². The van der Waals surface area contributed by atoms with Crippen LogP contribution in [0.1, 0.15) is 56.6 Å². The third kappa shape index (κ3) is 5.08. The van der Waals surface area contributed by atoms with E-state index in [4.69, 9.17) is 20.6 Å². The second-order valence-corrected chi connectivity index (χ2v) is 10.7. The van der Waals surface area contributed by atoms with Crippen LogP contribution in [0.25, 0.3) is 0 Å². The number of aliphatic hydroxyl groups is 1. The van der Waals surface area contributed by atoms with E-state index < -0.39 is 5.60 Å². The van der Waals surface area contributed by atoms with Crippen molar-refractivity contribution in [1.29, 1.82) is 0 Å². The van der Waals surface area contributed by atoms with Crippen LogP contribution in [0.3, 0.4) is 0 Å². The smallest absolute Gasteiger partial charge is 0.248 e. The van der Waals surface area contributed by atoms with Crippen molar-refractivity contribution in [2.45, 2.75) is 51.0 Å². The quantitative estimate of drug-likeness (QED) is 0.659. The van der Waals surface area contributed by atoms with Crippen molar-refractivity contribution in [3.8, 4) is 5.88 Å². The molecule has 5 rings (SSSR count). The van der Waals surface area contributed by atoms with E-state index in [0.29, 0.717) is 29.2 Å². The molecule has 9 heteroatoms. The van der Waals surface area contributed by atoms with Crippen molar-refractivity contribution < 1.29 is 14.6 Å². The molecule has 1 aromatic carbocycles. The predicted molar refractivity (Wildman–Crippen MR) is 139 cm³/mol. The van der Waals surface area contributed by atoms with E-state index in [2.05, 4.69) is 39.1 Å². The number of carbonyl (C=O) groups is 1. The number of aliphatic hydroxyl groups excluding tert-OH is 1. The fourth-order valence-electron chi connectivity index (χ4n) is 5.74. The van der Waals surface area contributed by atoms with E-state index in [9.17, 15) is 4.79 Å². The zero-order valence-corrected chi connectivity index (χ0v) is 21.2. The van der Waals surface area contributed by atoms with Crippen LogP contribution in [0.5, 0.6) is 5.88 Å². The van der Waals surface area contributed by atoms with E-state index in [1.54, 1.807) is 4.90 Å². The molecule has 0 atom stereocenters. The first-order valence-electron chi connectivity index (χ1n) is 12.9. The van der Waals surface area contributed by atoms with Crippen LogP contribution in [0.15, 0.2) is 35.6 Å². The van der Waals surface area contributed by atoms with Crippen LogP contribution < -0.4 is 10.5 Å². The van der Waals surface area contributed by atoms with E-state index in [1.807, 2.05) is 13.8 Å². The number of nitrogens with two attached hydrogens (primary N) is 1. The number of ether oxygens (including phenoxy) is 1. The topological polar surface area (TPSA) is 117 Å². The monoisotopic (exact) mass is 492 g/mol. The van der Waals surface area contributed by atoms with Gasteiger partial charge in [0.1, 0.15) is 18.5 Å². The summed E-state index contributed by atoms with van der Waals surface area (Å²) in [7, 11) is 0. The first-order chi connectivity index (χ1) is 17.3. The molecule has 0 spiro atoms. The number of piperazine rings is 1. The summed E-state index contributed by atoms with van der Waals surface area (Å²) in [5.41, 5.74) is 9.12. The number of anilines is 1. The summed E-state index contributed by atoms with van der Waals surface area (Å²) in [6.45, 7) is 7.95. The summed E-state index contributed by atoms with van der Waals surface area (Å²) in [6.07, 6.45) is 6.25. The lowest BCUT2D eigenvalue weighted by molar-refractivity contribution is -0.136. The number of aliphatic imine (C=N–C) groups is 1. The Kier molecular flexibility index (Phi) is 6.94. The Labute approximate surface area is 212 Å². The Balaban J connectivity index is 1.18. The van der Waals surface area contributed by atoms with Crippen molar-refractivity contribution in [3.05, 3.63) is 41.7 Å². The lowest BCUT2D eigenvalue weighted by Gasteiger charge is -2.38. The van der Waals surface area contributed by atoms with Crippen LogP contribution in [0.2, 0.25) is 0 Å². The fraction of sp³-hybridized carbons (Fsp3) is 0.556. The molecule has 0 bridgehead atoms. The minimum atomic E-state index is -0.621. The van der Waals surface area contributed by atoms with E-state index in [-0.39, 0.29) is 12.5 Å². The van der Waals surface area contributed by atoms with Crippen molar-refractivity contribution in [2.24, 2.45) is 10.9 Å². The highest BCUT2D eigenvalue weighted by Crippen LogP contribution is 2.40. The maximum atomic E-state index is 11.7. The molecule has 192 valence electrons. The number of nitrogens with zero attached hydrogens (tertiary/aromatic N) is 5. The standard InChI is InChI=1S/C27H36N6O3/c1-27(2)24(31-23-25(28)29-17-30-26(23)36-27)21-9-7-20(8-10-21)19-5-3-18(4-6-19)15-32-11-13-33(14-12-32)22(35)16-34/h7-10,17-19,34H,3-6,11-16H2,1-2H3,(H2,28,29,30)/t18-,19-. The molecule has 0 unspecified atom stereocenters. The number of nitrogen functional groups attached to an aromatic ring is 1. The van der Waals surface area contributed by atoms with Gasteiger partial charge in [0.05, 0.1) is 5.71 Å². The number of amides is 1. The van der Waals surface area contributed by atoms with Gasteiger partial charge in [0, 0.05) is 38.3 Å². The molecule has 1 aliphatic carbocycles. The summed E-state index contributed by atoms with van der Waals surface area (Å²) < 4.78 is 6.11. The number of rotatable bonds is 5. The molecule has 3 aliphatic rings. The van der Waals surface area contributed by atoms with Crippen molar-refractivity contribution in [2.75, 3.05) is 45.1 Å². The summed E-state index contributed by atoms with van der Waals surface area (Å²) in [4.78, 5) is 29.0. The van der Waals surface area contributed by atoms with Gasteiger partial charge in [0.25, 0.3) is 0 Å². The minimum Gasteiger partial charge on any atom is -0.463 e. The fourth-order valence-corrected chi connectivity index (χ4v) is 5.74. The highest BCUT2D eigenvalue weighted by molar-refractivity contribution is 6.09. The van der Waals surface area contributed by atoms with E-state index in [0.717, 1.165) is 44.0 Å². The average molecular weight is 493 g/mol. The van der Waals surface area contributed by atoms with Gasteiger partial charge in [-0.3, -0.25) is 9.69 Å². The molecule has 2 fully saturated rings. The molecule has 1 saturated carbocycles. The predicted octanol–water partition coefficient (Wildman–Crippen LogP) is 2.76. The summed E-state index contributed by atoms with van der Waals surface area (Å²) in [6, 6.07) is 8.75. The first-order valence-corrected chi connectivity index (χ1v) is 12.9. The van der Waals surface area contributed by atoms with E-state index >= 15 is 0 Å². The number of hydrogen-bond acceptors (Lipinski definition) is 8. The first kappa shape index (κ1) is 24.6. The third-order valence-corrected chi connectivity index (χ3v) is 7.84. The normalized spacial score (nSPS) is 24.0. The summed E-state index contributed by atoms with van der Waals surface area (Å²) >= 11 is 0. The van der Waals surface area contributed by atoms with Gasteiger partial charge in [-0.15, -0.1) is 0 Å². The molecule has 3 heterocycles. The summed E-state index contributed by atoms with van der Waals surface area (Å²) in [5.74, 6) is 1.88. The minimum absolute atomic E-state index is 0.157. The van der Waals surface area contributed by atoms with Crippen LogP contribution in [-0.4, -0.2) is 81.4 Å². The molecule has 3 N–H and O–H groups in total. The molecule has 0 radical (unpaired) electrons. The molecule has 2 aliphatic heterocycles. The van der Waals surface area contributed by atoms with Crippen LogP contribution >= 0.6 is 0 Å². The zero-order chi connectivity index (χ0) is 25.3. The van der Waals surface area contributed by atoms with Crippen molar-refractivity contribution in [3.63, 3.8) is 0 Å². The van der Waals surface area contributed by atoms with Gasteiger partial charge < -0.3 is 20.5 Å². The van der Waals surface area contributed by atoms with E-state index in [1.165, 1.54) is 37.6 Å². The Morgan fingerprint density at radius 2 is 1.78 bits per heavy atom. The Morgan fingerprint density at radius 1 is 1.08 bits per heavy atom. The second kappa shape index (κ2) is 10.1. The van der Waals surface area contributed by atoms with Crippen molar-refractivity contribution in [1.82, 2.24) is 19.8 Å². The van der Waals surface area contributed by atoms with Gasteiger partial charge in [-0.05, 0) is 56.9 Å². The number of carbonyl (C=O) groups excluding carboxylic acids is 1. The van der Waals surface area contributed by atoms with Crippen LogP contribution in [-0.2, 0) is 4.79 Å². The molecule has 36 heavy (non-hydrogen) atoms. The van der Waals surface area contributed by atoms with Gasteiger partial charge in [-0.2, -0.15) is 4.98 Å². The number of hydrogen-bond donors (Lipinski definition) is 2. The average Bonchev–Trinajstić information content (AvgIpc) is 2.89. The number of aromatic nitrogens is 2. The molecule has 2 aromatic rings. The number of benzene rings is 1. The molecule has 1 amide bonds. The molecule has 1 aromatic heterocycles. The zero-order valence-electron chi connectivity index (χ0n) is 21.2. The lowest BCUT2D eigenvalue weighted by Crippen LogP contribution is -2.50. The maximum absolute atomic E-state index is 11.7. The molecule has 9 nitrogen and oxygen atoms in total. The van der Waals surface area contributed by atoms with Gasteiger partial charge in [-0.1, -0.05) is 24.3 Å². The van der Waals surface area contributed by atoms with Gasteiger partial charge in [0.2, 0.25) is 11.8 Å². The highest BCUT2D eigenvalue weighted by atomic mass is 16.5. The largest absolute Gasteiger partial charge is 0.463 e. The molecule has 1 saturated heterocycles. The van der Waals surface area contributed by atoms with Crippen LogP contribution in [0.4, 0.5) is 11.5 Å². The third-order valence-electron chi connectivity index (χ3n) is 7.84. The molecular weight excluding hydrogens is 456 g/mol. The van der Waals surface area contributed by atoms with Gasteiger partial charge in [0.15, 0.2) is 11.5 Å². The Bertz CT molecular complexity index is 1120. The van der Waals surface area contributed by atoms with Gasteiger partial charge >= 0.3 is 0 Å². The van der Waals surface area contributed by atoms with Crippen molar-refractivity contribution >= 4 is 23.1 Å². The lowest BCUT2D eigenvalue weighted by atomic mass is 9.78. The SMILES string of the molecule is CC1(C)Oc2ncnc(N)c2N=C1c1ccc([C@H]2CC[C@H](CN3CCN(C(=O)CO)CC3)CC2)cc1.